The van der Waals surface area contributed by atoms with Gasteiger partial charge in [-0.2, -0.15) is 0 Å². The van der Waals surface area contributed by atoms with E-state index in [4.69, 9.17) is 14.6 Å². The summed E-state index contributed by atoms with van der Waals surface area (Å²) in [5, 5.41) is 8.48. The van der Waals surface area contributed by atoms with Crippen LogP contribution in [0.5, 0.6) is 0 Å². The zero-order valence-electron chi connectivity index (χ0n) is 5.54. The molecule has 2 atom stereocenters. The van der Waals surface area contributed by atoms with Crippen molar-refractivity contribution in [3.8, 4) is 0 Å². The zero-order chi connectivity index (χ0) is 6.69. The standard InChI is InChI=1S/C6H12O3/c1-5-8-4-6(9-5)2-3-7/h5-7H,2-4H2,1H3/t5-,6-/m1/s1. The fraction of sp³-hybridized carbons (Fsp3) is 1.00. The van der Waals surface area contributed by atoms with Gasteiger partial charge in [0.1, 0.15) is 0 Å². The van der Waals surface area contributed by atoms with Crippen LogP contribution in [-0.4, -0.2) is 30.7 Å². The Kier molecular flexibility index (Phi) is 2.45. The Morgan fingerprint density at radius 1 is 1.67 bits per heavy atom. The summed E-state index contributed by atoms with van der Waals surface area (Å²) in [6, 6.07) is 0. The lowest BCUT2D eigenvalue weighted by atomic mass is 10.3. The molecular weight excluding hydrogens is 120 g/mol. The number of hydrogen-bond acceptors (Lipinski definition) is 3. The van der Waals surface area contributed by atoms with Gasteiger partial charge in [-0.15, -0.1) is 0 Å². The van der Waals surface area contributed by atoms with Crippen molar-refractivity contribution in [1.29, 1.82) is 0 Å². The monoisotopic (exact) mass is 132 g/mol. The van der Waals surface area contributed by atoms with Gasteiger partial charge in [0.15, 0.2) is 6.29 Å². The average molecular weight is 132 g/mol. The molecule has 1 aliphatic heterocycles. The molecule has 3 nitrogen and oxygen atoms in total. The van der Waals surface area contributed by atoms with E-state index < -0.39 is 0 Å². The van der Waals surface area contributed by atoms with E-state index in [0.717, 1.165) is 0 Å². The van der Waals surface area contributed by atoms with Gasteiger partial charge in [0.2, 0.25) is 0 Å². The van der Waals surface area contributed by atoms with Gasteiger partial charge in [-0.1, -0.05) is 0 Å². The Labute approximate surface area is 54.6 Å². The summed E-state index contributed by atoms with van der Waals surface area (Å²) in [5.41, 5.74) is 0. The highest BCUT2D eigenvalue weighted by Crippen LogP contribution is 2.12. The summed E-state index contributed by atoms with van der Waals surface area (Å²) in [6.07, 6.45) is 0.719. The highest BCUT2D eigenvalue weighted by atomic mass is 16.7. The van der Waals surface area contributed by atoms with Crippen LogP contribution in [-0.2, 0) is 9.47 Å². The minimum Gasteiger partial charge on any atom is -0.396 e. The maximum atomic E-state index is 8.48. The molecule has 1 heterocycles. The molecule has 0 aromatic rings. The largest absolute Gasteiger partial charge is 0.396 e. The van der Waals surface area contributed by atoms with Crippen molar-refractivity contribution >= 4 is 0 Å². The molecule has 0 spiro atoms. The first kappa shape index (κ1) is 6.99. The van der Waals surface area contributed by atoms with Crippen molar-refractivity contribution in [2.45, 2.75) is 25.7 Å². The zero-order valence-corrected chi connectivity index (χ0v) is 5.54. The van der Waals surface area contributed by atoms with Crippen LogP contribution in [0.4, 0.5) is 0 Å². The number of hydrogen-bond donors (Lipinski definition) is 1. The molecule has 0 saturated carbocycles. The summed E-state index contributed by atoms with van der Waals surface area (Å²) in [6.45, 7) is 2.67. The molecule has 9 heavy (non-hydrogen) atoms. The van der Waals surface area contributed by atoms with Crippen LogP contribution in [0.2, 0.25) is 0 Å². The maximum absolute atomic E-state index is 8.48. The Hall–Kier alpha value is -0.120. The van der Waals surface area contributed by atoms with Crippen molar-refractivity contribution in [3.05, 3.63) is 0 Å². The normalized spacial score (nSPS) is 35.3. The van der Waals surface area contributed by atoms with E-state index in [0.29, 0.717) is 13.0 Å². The smallest absolute Gasteiger partial charge is 0.155 e. The van der Waals surface area contributed by atoms with Gasteiger partial charge in [0, 0.05) is 6.61 Å². The van der Waals surface area contributed by atoms with Crippen LogP contribution in [0.25, 0.3) is 0 Å². The first-order valence-corrected chi connectivity index (χ1v) is 3.21. The van der Waals surface area contributed by atoms with Gasteiger partial charge < -0.3 is 14.6 Å². The maximum Gasteiger partial charge on any atom is 0.155 e. The van der Waals surface area contributed by atoms with Crippen molar-refractivity contribution in [3.63, 3.8) is 0 Å². The molecule has 0 aliphatic carbocycles. The van der Waals surface area contributed by atoms with Crippen LogP contribution >= 0.6 is 0 Å². The fourth-order valence-corrected chi connectivity index (χ4v) is 0.888. The molecule has 3 heteroatoms. The summed E-state index contributed by atoms with van der Waals surface area (Å²) < 4.78 is 10.3. The topological polar surface area (TPSA) is 38.7 Å². The molecule has 0 aromatic heterocycles. The van der Waals surface area contributed by atoms with Gasteiger partial charge in [0.05, 0.1) is 12.7 Å². The van der Waals surface area contributed by atoms with Crippen molar-refractivity contribution in [1.82, 2.24) is 0 Å². The number of aliphatic hydroxyl groups excluding tert-OH is 1. The lowest BCUT2D eigenvalue weighted by molar-refractivity contribution is -0.0450. The molecule has 1 aliphatic rings. The predicted molar refractivity (Wildman–Crippen MR) is 32.0 cm³/mol. The average Bonchev–Trinajstić information content (AvgIpc) is 2.17. The summed E-state index contributed by atoms with van der Waals surface area (Å²) in [4.78, 5) is 0. The van der Waals surface area contributed by atoms with E-state index in [9.17, 15) is 0 Å². The third kappa shape index (κ3) is 1.93. The molecule has 1 saturated heterocycles. The molecule has 0 unspecified atom stereocenters. The van der Waals surface area contributed by atoms with Crippen LogP contribution in [0, 0.1) is 0 Å². The van der Waals surface area contributed by atoms with Gasteiger partial charge in [0.25, 0.3) is 0 Å². The first-order valence-electron chi connectivity index (χ1n) is 3.21. The van der Waals surface area contributed by atoms with E-state index in [2.05, 4.69) is 0 Å². The van der Waals surface area contributed by atoms with Gasteiger partial charge in [-0.05, 0) is 13.3 Å². The first-order chi connectivity index (χ1) is 4.33. The molecule has 54 valence electrons. The summed E-state index contributed by atoms with van der Waals surface area (Å²) in [5.74, 6) is 0. The molecule has 0 radical (unpaired) electrons. The number of ether oxygens (including phenoxy) is 2. The van der Waals surface area contributed by atoms with Gasteiger partial charge in [-0.25, -0.2) is 0 Å². The highest BCUT2D eigenvalue weighted by Gasteiger charge is 2.20. The van der Waals surface area contributed by atoms with Gasteiger partial charge >= 0.3 is 0 Å². The third-order valence-electron chi connectivity index (χ3n) is 1.35. The number of aliphatic hydroxyl groups is 1. The third-order valence-corrected chi connectivity index (χ3v) is 1.35. The van der Waals surface area contributed by atoms with Crippen LogP contribution in [0.15, 0.2) is 0 Å². The Morgan fingerprint density at radius 2 is 2.44 bits per heavy atom. The number of rotatable bonds is 2. The van der Waals surface area contributed by atoms with E-state index in [1.54, 1.807) is 0 Å². The highest BCUT2D eigenvalue weighted by molar-refractivity contribution is 4.61. The molecule has 0 amide bonds. The summed E-state index contributed by atoms with van der Waals surface area (Å²) in [7, 11) is 0. The Bertz CT molecular complexity index is 82.4. The van der Waals surface area contributed by atoms with E-state index >= 15 is 0 Å². The minimum absolute atomic E-state index is 0.0819. The molecule has 1 rings (SSSR count). The van der Waals surface area contributed by atoms with Crippen LogP contribution in [0.3, 0.4) is 0 Å². The van der Waals surface area contributed by atoms with Crippen molar-refractivity contribution in [2.24, 2.45) is 0 Å². The minimum atomic E-state index is -0.0819. The van der Waals surface area contributed by atoms with E-state index in [1.807, 2.05) is 6.92 Å². The quantitative estimate of drug-likeness (QED) is 0.580. The van der Waals surface area contributed by atoms with E-state index in [-0.39, 0.29) is 19.0 Å². The lowest BCUT2D eigenvalue weighted by Crippen LogP contribution is -2.11. The second kappa shape index (κ2) is 3.15. The Balaban J connectivity index is 2.14. The second-order valence-electron chi connectivity index (χ2n) is 2.17. The van der Waals surface area contributed by atoms with Crippen molar-refractivity contribution < 1.29 is 14.6 Å². The fourth-order valence-electron chi connectivity index (χ4n) is 0.888. The molecule has 0 bridgehead atoms. The van der Waals surface area contributed by atoms with Gasteiger partial charge in [-0.3, -0.25) is 0 Å². The lowest BCUT2D eigenvalue weighted by Gasteiger charge is -2.04. The van der Waals surface area contributed by atoms with Crippen LogP contribution in [0.1, 0.15) is 13.3 Å². The molecule has 0 aromatic carbocycles. The summed E-state index contributed by atoms with van der Waals surface area (Å²) >= 11 is 0. The predicted octanol–water partition coefficient (Wildman–Crippen LogP) is 0.130. The van der Waals surface area contributed by atoms with Crippen LogP contribution < -0.4 is 0 Å². The SMILES string of the molecule is C[C@@H]1OC[C@@H](CCO)O1. The molecular formula is C6H12O3. The molecule has 1 N–H and O–H groups in total. The molecule has 1 fully saturated rings. The Morgan fingerprint density at radius 3 is 2.89 bits per heavy atom. The second-order valence-corrected chi connectivity index (χ2v) is 2.17. The van der Waals surface area contributed by atoms with E-state index in [1.165, 1.54) is 0 Å². The van der Waals surface area contributed by atoms with Crippen molar-refractivity contribution in [2.75, 3.05) is 13.2 Å².